The monoisotopic (exact) mass is 396 g/mol. The van der Waals surface area contributed by atoms with Gasteiger partial charge in [0.25, 0.3) is 5.91 Å². The van der Waals surface area contributed by atoms with Crippen LogP contribution in [0.3, 0.4) is 0 Å². The molecule has 5 nitrogen and oxygen atoms in total. The van der Waals surface area contributed by atoms with E-state index in [1.165, 1.54) is 5.56 Å². The van der Waals surface area contributed by atoms with Crippen LogP contribution in [0.1, 0.15) is 11.6 Å². The van der Waals surface area contributed by atoms with Gasteiger partial charge in [-0.1, -0.05) is 18.2 Å². The van der Waals surface area contributed by atoms with Crippen molar-refractivity contribution in [2.45, 2.75) is 6.04 Å². The number of amides is 1. The lowest BCUT2D eigenvalue weighted by molar-refractivity contribution is -0.123. The smallest absolute Gasteiger partial charge is 0.258 e. The van der Waals surface area contributed by atoms with Gasteiger partial charge in [0.1, 0.15) is 17.2 Å². The first-order chi connectivity index (χ1) is 13.6. The van der Waals surface area contributed by atoms with E-state index in [2.05, 4.69) is 21.7 Å². The summed E-state index contributed by atoms with van der Waals surface area (Å²) in [5.41, 5.74) is 1.20. The summed E-state index contributed by atoms with van der Waals surface area (Å²) < 4.78 is 11.3. The molecule has 1 N–H and O–H groups in total. The van der Waals surface area contributed by atoms with Gasteiger partial charge < -0.3 is 19.7 Å². The number of nitrogens with zero attached hydrogens (tertiary/aromatic N) is 1. The van der Waals surface area contributed by atoms with Gasteiger partial charge in [0.2, 0.25) is 0 Å². The summed E-state index contributed by atoms with van der Waals surface area (Å²) in [4.78, 5) is 14.2. The van der Waals surface area contributed by atoms with Gasteiger partial charge >= 0.3 is 0 Å². The highest BCUT2D eigenvalue weighted by Gasteiger charge is 2.15. The summed E-state index contributed by atoms with van der Waals surface area (Å²) in [6.45, 7) is 0.512. The average Bonchev–Trinajstić information content (AvgIpc) is 3.22. The van der Waals surface area contributed by atoms with Crippen LogP contribution in [0.15, 0.2) is 71.4 Å². The Balaban J connectivity index is 1.45. The third kappa shape index (κ3) is 5.84. The van der Waals surface area contributed by atoms with Crippen molar-refractivity contribution >= 4 is 17.2 Å². The molecule has 0 fully saturated rings. The molecule has 1 unspecified atom stereocenters. The summed E-state index contributed by atoms with van der Waals surface area (Å²) >= 11 is 1.65. The van der Waals surface area contributed by atoms with Crippen LogP contribution < -0.4 is 14.8 Å². The van der Waals surface area contributed by atoms with Crippen LogP contribution in [0, 0.1) is 0 Å². The molecule has 6 heteroatoms. The Morgan fingerprint density at radius 1 is 1.00 bits per heavy atom. The Bertz CT molecular complexity index is 849. The molecule has 0 radical (unpaired) electrons. The Morgan fingerprint density at radius 2 is 1.68 bits per heavy atom. The molecule has 2 aromatic carbocycles. The fourth-order valence-electron chi connectivity index (χ4n) is 2.70. The molecule has 0 saturated carbocycles. The lowest BCUT2D eigenvalue weighted by Gasteiger charge is -2.24. The predicted octanol–water partition coefficient (Wildman–Crippen LogP) is 4.34. The fourth-order valence-corrected chi connectivity index (χ4v) is 3.41. The number of benzene rings is 2. The molecule has 0 aliphatic heterocycles. The number of thiophene rings is 1. The van der Waals surface area contributed by atoms with Crippen molar-refractivity contribution in [3.05, 3.63) is 77.0 Å². The Kier molecular flexibility index (Phi) is 7.06. The van der Waals surface area contributed by atoms with E-state index in [0.29, 0.717) is 18.0 Å². The Morgan fingerprint density at radius 3 is 2.32 bits per heavy atom. The van der Waals surface area contributed by atoms with Crippen molar-refractivity contribution in [3.8, 4) is 17.2 Å². The normalized spacial score (nSPS) is 11.8. The molecular formula is C22H24N2O3S. The zero-order valence-corrected chi connectivity index (χ0v) is 16.8. The highest BCUT2D eigenvalue weighted by molar-refractivity contribution is 7.07. The van der Waals surface area contributed by atoms with Crippen LogP contribution in [0.4, 0.5) is 0 Å². The quantitative estimate of drug-likeness (QED) is 0.585. The predicted molar refractivity (Wildman–Crippen MR) is 112 cm³/mol. The maximum Gasteiger partial charge on any atom is 0.258 e. The third-order valence-electron chi connectivity index (χ3n) is 4.22. The van der Waals surface area contributed by atoms with E-state index in [4.69, 9.17) is 9.47 Å². The number of carbonyl (C=O) groups excluding carboxylic acids is 1. The van der Waals surface area contributed by atoms with Gasteiger partial charge in [0, 0.05) is 6.54 Å². The van der Waals surface area contributed by atoms with E-state index in [1.54, 1.807) is 23.5 Å². The van der Waals surface area contributed by atoms with E-state index in [1.807, 2.05) is 61.9 Å². The van der Waals surface area contributed by atoms with E-state index < -0.39 is 0 Å². The number of ether oxygens (including phenoxy) is 2. The lowest BCUT2D eigenvalue weighted by Crippen LogP contribution is -2.36. The molecule has 146 valence electrons. The van der Waals surface area contributed by atoms with Crippen molar-refractivity contribution in [1.82, 2.24) is 10.2 Å². The first-order valence-electron chi connectivity index (χ1n) is 9.03. The second-order valence-corrected chi connectivity index (χ2v) is 7.30. The van der Waals surface area contributed by atoms with Gasteiger partial charge in [0.15, 0.2) is 6.61 Å². The van der Waals surface area contributed by atoms with E-state index in [0.717, 1.165) is 5.75 Å². The molecule has 1 heterocycles. The minimum absolute atomic E-state index is 0.0251. The van der Waals surface area contributed by atoms with Crippen molar-refractivity contribution < 1.29 is 14.3 Å². The molecule has 3 rings (SSSR count). The van der Waals surface area contributed by atoms with Gasteiger partial charge in [-0.15, -0.1) is 0 Å². The van der Waals surface area contributed by atoms with Crippen LogP contribution in [-0.2, 0) is 4.79 Å². The molecular weight excluding hydrogens is 372 g/mol. The van der Waals surface area contributed by atoms with Crippen LogP contribution in [0.5, 0.6) is 17.2 Å². The summed E-state index contributed by atoms with van der Waals surface area (Å²) in [5.74, 6) is 1.97. The first kappa shape index (κ1) is 19.9. The van der Waals surface area contributed by atoms with Crippen LogP contribution in [-0.4, -0.2) is 38.1 Å². The second-order valence-electron chi connectivity index (χ2n) is 6.52. The summed E-state index contributed by atoms with van der Waals surface area (Å²) in [7, 11) is 4.01. The minimum Gasteiger partial charge on any atom is -0.484 e. The number of carbonyl (C=O) groups is 1. The second kappa shape index (κ2) is 9.92. The number of nitrogens with one attached hydrogen (secondary N) is 1. The van der Waals surface area contributed by atoms with E-state index in [9.17, 15) is 4.79 Å². The highest BCUT2D eigenvalue weighted by atomic mass is 32.1. The fraction of sp³-hybridized carbons (Fsp3) is 0.227. The topological polar surface area (TPSA) is 50.8 Å². The van der Waals surface area contributed by atoms with Gasteiger partial charge in [-0.25, -0.2) is 0 Å². The van der Waals surface area contributed by atoms with Gasteiger partial charge in [-0.3, -0.25) is 4.79 Å². The molecule has 0 bridgehead atoms. The van der Waals surface area contributed by atoms with Crippen molar-refractivity contribution in [3.63, 3.8) is 0 Å². The number of likely N-dealkylation sites (N-methyl/N-ethyl adjacent to an activating group) is 1. The number of hydrogen-bond donors (Lipinski definition) is 1. The molecule has 0 aliphatic rings. The van der Waals surface area contributed by atoms with Crippen molar-refractivity contribution in [2.24, 2.45) is 0 Å². The molecule has 1 aromatic heterocycles. The lowest BCUT2D eigenvalue weighted by atomic mass is 10.1. The van der Waals surface area contributed by atoms with Crippen LogP contribution in [0.25, 0.3) is 0 Å². The van der Waals surface area contributed by atoms with E-state index >= 15 is 0 Å². The molecule has 28 heavy (non-hydrogen) atoms. The Hall–Kier alpha value is -2.83. The molecule has 3 aromatic rings. The first-order valence-corrected chi connectivity index (χ1v) is 9.97. The standard InChI is InChI=1S/C22H24N2O3S/c1-24(2)21(17-12-13-28-16-17)14-23-22(25)15-26-18-8-10-20(11-9-18)27-19-6-4-3-5-7-19/h3-13,16,21H,14-15H2,1-2H3,(H,23,25). The third-order valence-corrected chi connectivity index (χ3v) is 4.92. The number of para-hydroxylation sites is 1. The van der Waals surface area contributed by atoms with E-state index in [-0.39, 0.29) is 18.6 Å². The zero-order valence-electron chi connectivity index (χ0n) is 16.0. The SMILES string of the molecule is CN(C)C(CNC(=O)COc1ccc(Oc2ccccc2)cc1)c1ccsc1. The molecule has 1 atom stereocenters. The van der Waals surface area contributed by atoms with Crippen molar-refractivity contribution in [1.29, 1.82) is 0 Å². The van der Waals surface area contributed by atoms with Crippen LogP contribution >= 0.6 is 11.3 Å². The molecule has 0 saturated heterocycles. The molecule has 0 aliphatic carbocycles. The average molecular weight is 397 g/mol. The molecule has 0 spiro atoms. The zero-order chi connectivity index (χ0) is 19.8. The Labute approximate surface area is 169 Å². The van der Waals surface area contributed by atoms with Gasteiger partial charge in [0.05, 0.1) is 6.04 Å². The van der Waals surface area contributed by atoms with Gasteiger partial charge in [-0.05, 0) is 72.9 Å². The van der Waals surface area contributed by atoms with Crippen LogP contribution in [0.2, 0.25) is 0 Å². The van der Waals surface area contributed by atoms with Crippen molar-refractivity contribution in [2.75, 3.05) is 27.2 Å². The summed E-state index contributed by atoms with van der Waals surface area (Å²) in [6, 6.07) is 19.0. The maximum absolute atomic E-state index is 12.1. The number of hydrogen-bond acceptors (Lipinski definition) is 5. The molecule has 1 amide bonds. The van der Waals surface area contributed by atoms with Gasteiger partial charge in [-0.2, -0.15) is 11.3 Å². The summed E-state index contributed by atoms with van der Waals surface area (Å²) in [6.07, 6.45) is 0. The largest absolute Gasteiger partial charge is 0.484 e. The highest BCUT2D eigenvalue weighted by Crippen LogP contribution is 2.23. The minimum atomic E-state index is -0.147. The maximum atomic E-state index is 12.1. The number of rotatable bonds is 9. The summed E-state index contributed by atoms with van der Waals surface area (Å²) in [5, 5.41) is 7.09.